The van der Waals surface area contributed by atoms with E-state index < -0.39 is 13.2 Å². The van der Waals surface area contributed by atoms with E-state index in [0.29, 0.717) is 6.42 Å². The molecule has 0 aliphatic rings. The van der Waals surface area contributed by atoms with Gasteiger partial charge in [0.05, 0.1) is 12.2 Å². The van der Waals surface area contributed by atoms with E-state index in [1.165, 1.54) is 7.11 Å². The first-order valence-corrected chi connectivity index (χ1v) is 6.11. The fourth-order valence-corrected chi connectivity index (χ4v) is 1.88. The highest BCUT2D eigenvalue weighted by Crippen LogP contribution is 2.42. The lowest BCUT2D eigenvalue weighted by molar-refractivity contribution is -0.211. The third kappa shape index (κ3) is 4.77. The normalized spacial score (nSPS) is 20.7. The van der Waals surface area contributed by atoms with Gasteiger partial charge < -0.3 is 18.7 Å². The van der Waals surface area contributed by atoms with Crippen molar-refractivity contribution >= 4 is 7.60 Å². The minimum atomic E-state index is -3.67. The minimum absolute atomic E-state index is 0.0201. The number of rotatable bonds is 6. The van der Waals surface area contributed by atoms with E-state index in [9.17, 15) is 9.46 Å². The predicted molar refractivity (Wildman–Crippen MR) is 49.8 cm³/mol. The summed E-state index contributed by atoms with van der Waals surface area (Å²) in [7, 11) is -2.14. The first-order valence-electron chi connectivity index (χ1n) is 4.39. The van der Waals surface area contributed by atoms with Gasteiger partial charge in [-0.1, -0.05) is 13.8 Å². The maximum Gasteiger partial charge on any atom is 0.135 e. The Balaban J connectivity index is 4.34. The molecule has 2 unspecified atom stereocenters. The molecule has 5 heteroatoms. The zero-order valence-corrected chi connectivity index (χ0v) is 9.60. The molecule has 0 fully saturated rings. The molecule has 0 amide bonds. The van der Waals surface area contributed by atoms with Crippen LogP contribution in [0.25, 0.3) is 0 Å². The molecule has 4 nitrogen and oxygen atoms in total. The molecular formula is C8H18O4P-. The van der Waals surface area contributed by atoms with E-state index in [0.717, 1.165) is 0 Å². The van der Waals surface area contributed by atoms with Crippen LogP contribution in [0, 0.1) is 0 Å². The van der Waals surface area contributed by atoms with E-state index in [1.807, 2.05) is 6.92 Å². The second-order valence-corrected chi connectivity index (χ2v) is 5.29. The predicted octanol–water partition coefficient (Wildman–Crippen LogP) is 1.39. The highest BCUT2D eigenvalue weighted by atomic mass is 31.2. The van der Waals surface area contributed by atoms with Crippen LogP contribution in [0.4, 0.5) is 0 Å². The molecule has 13 heavy (non-hydrogen) atoms. The van der Waals surface area contributed by atoms with Gasteiger partial charge in [-0.15, -0.1) is 0 Å². The Bertz CT molecular complexity index is 195. The summed E-state index contributed by atoms with van der Waals surface area (Å²) in [5.74, 6) is 0. The molecule has 0 aromatic rings. The van der Waals surface area contributed by atoms with Gasteiger partial charge in [0.15, 0.2) is 0 Å². The molecule has 0 rings (SSSR count). The van der Waals surface area contributed by atoms with Gasteiger partial charge in [-0.2, -0.15) is 0 Å². The molecule has 2 atom stereocenters. The van der Waals surface area contributed by atoms with Crippen molar-refractivity contribution in [1.29, 1.82) is 0 Å². The summed E-state index contributed by atoms with van der Waals surface area (Å²) in [6, 6.07) is 0. The van der Waals surface area contributed by atoms with Crippen LogP contribution in [0.1, 0.15) is 27.2 Å². The molecule has 0 spiro atoms. The van der Waals surface area contributed by atoms with Crippen molar-refractivity contribution in [1.82, 2.24) is 0 Å². The number of ether oxygens (including phenoxy) is 1. The van der Waals surface area contributed by atoms with E-state index in [2.05, 4.69) is 0 Å². The van der Waals surface area contributed by atoms with Gasteiger partial charge in [0, 0.05) is 13.3 Å². The van der Waals surface area contributed by atoms with Crippen LogP contribution in [-0.2, 0) is 13.8 Å². The zero-order chi connectivity index (χ0) is 10.5. The summed E-state index contributed by atoms with van der Waals surface area (Å²) in [6.45, 7) is 5.46. The van der Waals surface area contributed by atoms with Crippen LogP contribution in [-0.4, -0.2) is 25.5 Å². The van der Waals surface area contributed by atoms with Crippen LogP contribution in [0.15, 0.2) is 0 Å². The molecule has 0 heterocycles. The average molecular weight is 209 g/mol. The fourth-order valence-electron chi connectivity index (χ4n) is 0.899. The van der Waals surface area contributed by atoms with Crippen LogP contribution in [0.5, 0.6) is 0 Å². The van der Waals surface area contributed by atoms with Crippen LogP contribution >= 0.6 is 7.60 Å². The Labute approximate surface area is 79.8 Å². The van der Waals surface area contributed by atoms with Gasteiger partial charge in [-0.25, -0.2) is 0 Å². The van der Waals surface area contributed by atoms with Crippen molar-refractivity contribution in [2.45, 2.75) is 32.8 Å². The highest BCUT2D eigenvalue weighted by Gasteiger charge is 2.27. The molecule has 0 aromatic heterocycles. The molecule has 80 valence electrons. The summed E-state index contributed by atoms with van der Waals surface area (Å²) in [6.07, 6.45) is 0.624. The van der Waals surface area contributed by atoms with Crippen LogP contribution in [0.2, 0.25) is 0 Å². The quantitative estimate of drug-likeness (QED) is 0.620. The van der Waals surface area contributed by atoms with Crippen molar-refractivity contribution in [3.05, 3.63) is 0 Å². The minimum Gasteiger partial charge on any atom is -0.778 e. The van der Waals surface area contributed by atoms with Crippen molar-refractivity contribution in [2.75, 3.05) is 19.9 Å². The Morgan fingerprint density at radius 2 is 2.00 bits per heavy atom. The van der Waals surface area contributed by atoms with E-state index >= 15 is 0 Å². The fraction of sp³-hybridized carbons (Fsp3) is 1.00. The first-order chi connectivity index (χ1) is 5.89. The van der Waals surface area contributed by atoms with Crippen LogP contribution in [0.3, 0.4) is 0 Å². The Kier molecular flexibility index (Phi) is 5.15. The monoisotopic (exact) mass is 209 g/mol. The molecule has 0 radical (unpaired) electrons. The van der Waals surface area contributed by atoms with Gasteiger partial charge in [-0.3, -0.25) is 0 Å². The molecule has 0 N–H and O–H groups in total. The van der Waals surface area contributed by atoms with Crippen molar-refractivity contribution in [3.8, 4) is 0 Å². The van der Waals surface area contributed by atoms with Gasteiger partial charge >= 0.3 is 0 Å². The molecule has 0 bridgehead atoms. The lowest BCUT2D eigenvalue weighted by atomic mass is 10.1. The molecule has 0 aromatic carbocycles. The smallest absolute Gasteiger partial charge is 0.135 e. The summed E-state index contributed by atoms with van der Waals surface area (Å²) in [5, 5.41) is 0. The topological polar surface area (TPSA) is 58.6 Å². The lowest BCUT2D eigenvalue weighted by Crippen LogP contribution is -2.34. The van der Waals surface area contributed by atoms with Crippen LogP contribution < -0.4 is 4.89 Å². The number of hydrogen-bond acceptors (Lipinski definition) is 4. The molecule has 0 aliphatic heterocycles. The molecule has 0 aliphatic carbocycles. The summed E-state index contributed by atoms with van der Waals surface area (Å²) in [4.78, 5) is 11.2. The molecular weight excluding hydrogens is 191 g/mol. The summed E-state index contributed by atoms with van der Waals surface area (Å²) >= 11 is 0. The van der Waals surface area contributed by atoms with Gasteiger partial charge in [-0.05, 0) is 13.3 Å². The van der Waals surface area contributed by atoms with E-state index in [4.69, 9.17) is 9.26 Å². The molecule has 0 saturated carbocycles. The standard InChI is InChI=1S/C8H19O4P/c1-5-8(3,7-11-4)12-13(9,10)6-2/h5-7H2,1-4H3,(H,9,10)/p-1. The second kappa shape index (κ2) is 5.11. The van der Waals surface area contributed by atoms with Gasteiger partial charge in [0.1, 0.15) is 7.60 Å². The lowest BCUT2D eigenvalue weighted by Gasteiger charge is -2.35. The summed E-state index contributed by atoms with van der Waals surface area (Å²) < 4.78 is 21.1. The third-order valence-electron chi connectivity index (χ3n) is 1.94. The van der Waals surface area contributed by atoms with Gasteiger partial charge in [0.25, 0.3) is 0 Å². The van der Waals surface area contributed by atoms with E-state index in [1.54, 1.807) is 13.8 Å². The molecule has 0 saturated heterocycles. The largest absolute Gasteiger partial charge is 0.778 e. The second-order valence-electron chi connectivity index (χ2n) is 3.25. The van der Waals surface area contributed by atoms with Crippen molar-refractivity contribution in [2.24, 2.45) is 0 Å². The van der Waals surface area contributed by atoms with Gasteiger partial charge in [0.2, 0.25) is 0 Å². The van der Waals surface area contributed by atoms with E-state index in [-0.39, 0.29) is 12.8 Å². The average Bonchev–Trinajstić information content (AvgIpc) is 2.04. The maximum atomic E-state index is 11.2. The zero-order valence-electron chi connectivity index (χ0n) is 8.70. The number of hydrogen-bond donors (Lipinski definition) is 0. The van der Waals surface area contributed by atoms with Crippen molar-refractivity contribution in [3.63, 3.8) is 0 Å². The Morgan fingerprint density at radius 1 is 1.46 bits per heavy atom. The first kappa shape index (κ1) is 13.1. The number of methoxy groups -OCH3 is 1. The van der Waals surface area contributed by atoms with Crippen molar-refractivity contribution < 1.29 is 18.7 Å². The third-order valence-corrected chi connectivity index (χ3v) is 3.44. The maximum absolute atomic E-state index is 11.2. The Hall–Kier alpha value is 0.110. The Morgan fingerprint density at radius 3 is 2.31 bits per heavy atom. The summed E-state index contributed by atoms with van der Waals surface area (Å²) in [5.41, 5.74) is -0.720. The highest BCUT2D eigenvalue weighted by molar-refractivity contribution is 7.51. The SMILES string of the molecule is CCC(C)(COC)OP(=O)([O-])CC.